The molecule has 1 N–H and O–H groups in total. The van der Waals surface area contributed by atoms with Crippen LogP contribution in [0.15, 0.2) is 36.5 Å². The van der Waals surface area contributed by atoms with E-state index in [1.54, 1.807) is 0 Å². The van der Waals surface area contributed by atoms with Crippen molar-refractivity contribution in [1.82, 2.24) is 15.0 Å². The van der Waals surface area contributed by atoms with Gasteiger partial charge in [-0.05, 0) is 25.7 Å². The van der Waals surface area contributed by atoms with Gasteiger partial charge in [-0.2, -0.15) is 0 Å². The Morgan fingerprint density at radius 3 is 2.74 bits per heavy atom. The fraction of sp³-hybridized carbons (Fsp3) is 0.250. The summed E-state index contributed by atoms with van der Waals surface area (Å²) >= 11 is 0. The normalized spacial score (nSPS) is 14.5. The molecular weight excluding hydrogens is 234 g/mol. The number of aryl methyl sites for hydroxylation is 2. The predicted molar refractivity (Wildman–Crippen MR) is 76.0 cm³/mol. The molecule has 1 aliphatic carbocycles. The molecule has 0 atom stereocenters. The van der Waals surface area contributed by atoms with Gasteiger partial charge in [0.25, 0.3) is 0 Å². The smallest absolute Gasteiger partial charge is 0.156 e. The number of aromatic nitrogens is 3. The number of benzene rings is 1. The van der Waals surface area contributed by atoms with Gasteiger partial charge in [-0.3, -0.25) is 0 Å². The number of hydrogen-bond donors (Lipinski definition) is 1. The van der Waals surface area contributed by atoms with Crippen LogP contribution in [-0.2, 0) is 12.8 Å². The summed E-state index contributed by atoms with van der Waals surface area (Å²) in [6.45, 7) is 0. The first-order valence-corrected chi connectivity index (χ1v) is 6.84. The standard InChI is InChI=1S/C16H15N3/c1-2-6-11(7-3-1)14-10-17-16-15(18-14)12-8-4-5-9-13(12)19-16/h1-3,6-7,10H,4-5,8-9H2,(H,17,19). The van der Waals surface area contributed by atoms with E-state index >= 15 is 0 Å². The maximum atomic E-state index is 4.82. The molecule has 3 heteroatoms. The van der Waals surface area contributed by atoms with E-state index in [4.69, 9.17) is 4.98 Å². The molecule has 2 heterocycles. The summed E-state index contributed by atoms with van der Waals surface area (Å²) in [5.41, 5.74) is 6.81. The van der Waals surface area contributed by atoms with E-state index in [0.29, 0.717) is 0 Å². The van der Waals surface area contributed by atoms with Gasteiger partial charge >= 0.3 is 0 Å². The third-order valence-electron chi connectivity index (χ3n) is 3.87. The lowest BCUT2D eigenvalue weighted by atomic mass is 9.97. The summed E-state index contributed by atoms with van der Waals surface area (Å²) in [5, 5.41) is 0. The number of fused-ring (bicyclic) bond motifs is 3. The van der Waals surface area contributed by atoms with Crippen molar-refractivity contribution in [3.8, 4) is 11.3 Å². The van der Waals surface area contributed by atoms with Crippen LogP contribution in [0.2, 0.25) is 0 Å². The second kappa shape index (κ2) is 4.19. The third-order valence-corrected chi connectivity index (χ3v) is 3.87. The van der Waals surface area contributed by atoms with Gasteiger partial charge in [0.2, 0.25) is 0 Å². The molecule has 3 aromatic rings. The maximum Gasteiger partial charge on any atom is 0.156 e. The van der Waals surface area contributed by atoms with Crippen LogP contribution in [0.25, 0.3) is 22.4 Å². The molecule has 0 spiro atoms. The van der Waals surface area contributed by atoms with E-state index < -0.39 is 0 Å². The Hall–Kier alpha value is -2.16. The molecule has 0 unspecified atom stereocenters. The molecule has 0 saturated heterocycles. The second-order valence-corrected chi connectivity index (χ2v) is 5.11. The number of H-pyrrole nitrogens is 1. The van der Waals surface area contributed by atoms with E-state index in [1.165, 1.54) is 24.1 Å². The van der Waals surface area contributed by atoms with Gasteiger partial charge in [-0.1, -0.05) is 30.3 Å². The van der Waals surface area contributed by atoms with Crippen molar-refractivity contribution in [3.05, 3.63) is 47.8 Å². The number of aromatic amines is 1. The molecule has 2 aromatic heterocycles. The first kappa shape index (κ1) is 10.7. The SMILES string of the molecule is c1ccc(-c2cnc3[nH]c4c(c3n2)CCCC4)cc1. The summed E-state index contributed by atoms with van der Waals surface area (Å²) in [6, 6.07) is 10.2. The van der Waals surface area contributed by atoms with Gasteiger partial charge in [0.1, 0.15) is 5.52 Å². The highest BCUT2D eigenvalue weighted by atomic mass is 14.9. The molecule has 1 aliphatic rings. The molecule has 0 saturated carbocycles. The van der Waals surface area contributed by atoms with Crippen LogP contribution in [0.5, 0.6) is 0 Å². The van der Waals surface area contributed by atoms with Crippen LogP contribution >= 0.6 is 0 Å². The molecule has 0 radical (unpaired) electrons. The summed E-state index contributed by atoms with van der Waals surface area (Å²) in [7, 11) is 0. The van der Waals surface area contributed by atoms with Crippen LogP contribution < -0.4 is 0 Å². The van der Waals surface area contributed by atoms with Gasteiger partial charge in [0.05, 0.1) is 11.9 Å². The van der Waals surface area contributed by atoms with E-state index in [1.807, 2.05) is 24.4 Å². The molecule has 0 fully saturated rings. The van der Waals surface area contributed by atoms with E-state index in [9.17, 15) is 0 Å². The predicted octanol–water partition coefficient (Wildman–Crippen LogP) is 3.50. The minimum atomic E-state index is 0.937. The quantitative estimate of drug-likeness (QED) is 0.717. The van der Waals surface area contributed by atoms with Gasteiger partial charge in [0, 0.05) is 16.8 Å². The van der Waals surface area contributed by atoms with Crippen molar-refractivity contribution < 1.29 is 0 Å². The average Bonchev–Trinajstić information content (AvgIpc) is 2.86. The molecular formula is C16H15N3. The van der Waals surface area contributed by atoms with Gasteiger partial charge < -0.3 is 4.98 Å². The number of rotatable bonds is 1. The zero-order valence-electron chi connectivity index (χ0n) is 10.7. The van der Waals surface area contributed by atoms with Gasteiger partial charge in [-0.25, -0.2) is 9.97 Å². The van der Waals surface area contributed by atoms with Crippen LogP contribution in [0.4, 0.5) is 0 Å². The van der Waals surface area contributed by atoms with E-state index in [-0.39, 0.29) is 0 Å². The Morgan fingerprint density at radius 2 is 1.84 bits per heavy atom. The van der Waals surface area contributed by atoms with Crippen molar-refractivity contribution in [2.45, 2.75) is 25.7 Å². The summed E-state index contributed by atoms with van der Waals surface area (Å²) in [4.78, 5) is 12.8. The van der Waals surface area contributed by atoms with Gasteiger partial charge in [0.15, 0.2) is 5.65 Å². The minimum absolute atomic E-state index is 0.937. The van der Waals surface area contributed by atoms with Crippen molar-refractivity contribution in [3.63, 3.8) is 0 Å². The second-order valence-electron chi connectivity index (χ2n) is 5.11. The Bertz CT molecular complexity index is 728. The van der Waals surface area contributed by atoms with Crippen molar-refractivity contribution >= 4 is 11.2 Å². The molecule has 0 amide bonds. The van der Waals surface area contributed by atoms with Crippen LogP contribution in [-0.4, -0.2) is 15.0 Å². The monoisotopic (exact) mass is 249 g/mol. The Labute approximate surface area is 111 Å². The first-order chi connectivity index (χ1) is 9.42. The summed E-state index contributed by atoms with van der Waals surface area (Å²) in [6.07, 6.45) is 6.65. The molecule has 4 rings (SSSR count). The van der Waals surface area contributed by atoms with Crippen molar-refractivity contribution in [2.24, 2.45) is 0 Å². The molecule has 94 valence electrons. The summed E-state index contributed by atoms with van der Waals surface area (Å²) < 4.78 is 0. The van der Waals surface area contributed by atoms with Crippen molar-refractivity contribution in [2.75, 3.05) is 0 Å². The zero-order chi connectivity index (χ0) is 12.7. The fourth-order valence-corrected chi connectivity index (χ4v) is 2.89. The lowest BCUT2D eigenvalue weighted by Crippen LogP contribution is -2.00. The van der Waals surface area contributed by atoms with Crippen LogP contribution in [0.1, 0.15) is 24.1 Å². The summed E-state index contributed by atoms with van der Waals surface area (Å²) in [5.74, 6) is 0. The lowest BCUT2D eigenvalue weighted by Gasteiger charge is -2.09. The van der Waals surface area contributed by atoms with E-state index in [2.05, 4.69) is 22.1 Å². The Morgan fingerprint density at radius 1 is 1.00 bits per heavy atom. The zero-order valence-corrected chi connectivity index (χ0v) is 10.7. The van der Waals surface area contributed by atoms with Crippen molar-refractivity contribution in [1.29, 1.82) is 0 Å². The number of nitrogens with zero attached hydrogens (tertiary/aromatic N) is 2. The average molecular weight is 249 g/mol. The van der Waals surface area contributed by atoms with Crippen LogP contribution in [0.3, 0.4) is 0 Å². The minimum Gasteiger partial charge on any atom is -0.342 e. The fourth-order valence-electron chi connectivity index (χ4n) is 2.89. The highest BCUT2D eigenvalue weighted by Crippen LogP contribution is 2.28. The molecule has 1 aromatic carbocycles. The first-order valence-electron chi connectivity index (χ1n) is 6.84. The molecule has 0 bridgehead atoms. The number of nitrogens with one attached hydrogen (secondary N) is 1. The number of hydrogen-bond acceptors (Lipinski definition) is 2. The lowest BCUT2D eigenvalue weighted by molar-refractivity contribution is 0.679. The Balaban J connectivity index is 1.91. The van der Waals surface area contributed by atoms with E-state index in [0.717, 1.165) is 35.3 Å². The molecule has 19 heavy (non-hydrogen) atoms. The highest BCUT2D eigenvalue weighted by Gasteiger charge is 2.17. The topological polar surface area (TPSA) is 41.6 Å². The highest BCUT2D eigenvalue weighted by molar-refractivity contribution is 5.79. The van der Waals surface area contributed by atoms with Gasteiger partial charge in [-0.15, -0.1) is 0 Å². The molecule has 3 nitrogen and oxygen atoms in total. The Kier molecular flexibility index (Phi) is 2.37. The van der Waals surface area contributed by atoms with Crippen LogP contribution in [0, 0.1) is 0 Å². The molecule has 0 aliphatic heterocycles. The maximum absolute atomic E-state index is 4.82. The largest absolute Gasteiger partial charge is 0.342 e. The third kappa shape index (κ3) is 1.73.